The molecule has 0 unspecified atom stereocenters. The van der Waals surface area contributed by atoms with Gasteiger partial charge in [0.15, 0.2) is 0 Å². The van der Waals surface area contributed by atoms with E-state index in [0.29, 0.717) is 30.4 Å². The second kappa shape index (κ2) is 9.18. The molecule has 0 aromatic carbocycles. The van der Waals surface area contributed by atoms with Gasteiger partial charge in [0.25, 0.3) is 5.91 Å². The number of pyridine rings is 1. The van der Waals surface area contributed by atoms with Crippen LogP contribution in [0.4, 0.5) is 5.69 Å². The van der Waals surface area contributed by atoms with Crippen LogP contribution in [0.25, 0.3) is 0 Å². The van der Waals surface area contributed by atoms with Gasteiger partial charge in [0.05, 0.1) is 25.4 Å². The minimum Gasteiger partial charge on any atom is -0.469 e. The van der Waals surface area contributed by atoms with Crippen LogP contribution in [0.15, 0.2) is 18.3 Å². The van der Waals surface area contributed by atoms with Gasteiger partial charge in [-0.1, -0.05) is 13.8 Å². The Bertz CT molecular complexity index is 463. The molecule has 2 N–H and O–H groups in total. The van der Waals surface area contributed by atoms with Crippen LogP contribution in [0.1, 0.15) is 30.8 Å². The highest BCUT2D eigenvalue weighted by atomic mass is 35.5. The van der Waals surface area contributed by atoms with Gasteiger partial charge in [0.2, 0.25) is 0 Å². The fourth-order valence-corrected chi connectivity index (χ4v) is 1.74. The molecule has 0 aliphatic rings. The SMILES string of the molecule is COC(=O)CCN(CC(C)C)C(=O)c1ccc(N)cn1.Cl. The number of methoxy groups -OCH3 is 1. The number of hydrogen-bond donors (Lipinski definition) is 1. The number of carbonyl (C=O) groups is 2. The zero-order valence-corrected chi connectivity index (χ0v) is 13.4. The number of rotatable bonds is 6. The lowest BCUT2D eigenvalue weighted by Gasteiger charge is -2.23. The molecule has 0 saturated heterocycles. The summed E-state index contributed by atoms with van der Waals surface area (Å²) < 4.78 is 4.60. The van der Waals surface area contributed by atoms with Gasteiger partial charge in [-0.3, -0.25) is 9.59 Å². The van der Waals surface area contributed by atoms with Gasteiger partial charge in [-0.15, -0.1) is 12.4 Å². The minimum atomic E-state index is -0.336. The van der Waals surface area contributed by atoms with Crippen molar-refractivity contribution in [1.82, 2.24) is 9.88 Å². The predicted octanol–water partition coefficient (Wildman–Crippen LogP) is 1.75. The number of hydrogen-bond acceptors (Lipinski definition) is 5. The summed E-state index contributed by atoms with van der Waals surface area (Å²) in [7, 11) is 1.33. The lowest BCUT2D eigenvalue weighted by atomic mass is 10.2. The summed E-state index contributed by atoms with van der Waals surface area (Å²) in [5.41, 5.74) is 6.38. The number of nitrogen functional groups attached to an aromatic ring is 1. The molecule has 0 bridgehead atoms. The molecular formula is C14H22ClN3O3. The highest BCUT2D eigenvalue weighted by molar-refractivity contribution is 5.92. The molecular weight excluding hydrogens is 294 g/mol. The normalized spacial score (nSPS) is 9.90. The molecule has 0 saturated carbocycles. The van der Waals surface area contributed by atoms with Crippen molar-refractivity contribution in [2.45, 2.75) is 20.3 Å². The number of amides is 1. The van der Waals surface area contributed by atoms with Gasteiger partial charge in [-0.05, 0) is 18.1 Å². The summed E-state index contributed by atoms with van der Waals surface area (Å²) in [4.78, 5) is 29.2. The Morgan fingerprint density at radius 1 is 1.38 bits per heavy atom. The van der Waals surface area contributed by atoms with Gasteiger partial charge in [0.1, 0.15) is 5.69 Å². The van der Waals surface area contributed by atoms with E-state index < -0.39 is 0 Å². The van der Waals surface area contributed by atoms with Crippen molar-refractivity contribution >= 4 is 30.0 Å². The van der Waals surface area contributed by atoms with Gasteiger partial charge >= 0.3 is 5.97 Å². The Balaban J connectivity index is 0.00000400. The van der Waals surface area contributed by atoms with Gasteiger partial charge in [-0.2, -0.15) is 0 Å². The third-order valence-electron chi connectivity index (χ3n) is 2.69. The fourth-order valence-electron chi connectivity index (χ4n) is 1.74. The Morgan fingerprint density at radius 2 is 2.05 bits per heavy atom. The zero-order chi connectivity index (χ0) is 15.1. The Hall–Kier alpha value is -1.82. The van der Waals surface area contributed by atoms with Crippen LogP contribution in [-0.4, -0.2) is 42.0 Å². The Labute approximate surface area is 131 Å². The zero-order valence-electron chi connectivity index (χ0n) is 12.5. The molecule has 21 heavy (non-hydrogen) atoms. The van der Waals surface area contributed by atoms with E-state index in [-0.39, 0.29) is 30.7 Å². The molecule has 1 rings (SSSR count). The fraction of sp³-hybridized carbons (Fsp3) is 0.500. The van der Waals surface area contributed by atoms with Gasteiger partial charge in [-0.25, -0.2) is 4.98 Å². The van der Waals surface area contributed by atoms with Crippen LogP contribution >= 0.6 is 12.4 Å². The van der Waals surface area contributed by atoms with Gasteiger partial charge in [0, 0.05) is 13.1 Å². The number of aromatic nitrogens is 1. The van der Waals surface area contributed by atoms with Crippen LogP contribution in [-0.2, 0) is 9.53 Å². The van der Waals surface area contributed by atoms with Crippen molar-refractivity contribution in [3.8, 4) is 0 Å². The van der Waals surface area contributed by atoms with Crippen LogP contribution in [0.2, 0.25) is 0 Å². The van der Waals surface area contributed by atoms with Crippen molar-refractivity contribution in [2.24, 2.45) is 5.92 Å². The average molecular weight is 316 g/mol. The van der Waals surface area contributed by atoms with E-state index in [1.165, 1.54) is 13.3 Å². The molecule has 1 heterocycles. The van der Waals surface area contributed by atoms with Crippen molar-refractivity contribution in [3.63, 3.8) is 0 Å². The molecule has 118 valence electrons. The first kappa shape index (κ1) is 19.2. The highest BCUT2D eigenvalue weighted by Crippen LogP contribution is 2.08. The molecule has 7 heteroatoms. The van der Waals surface area contributed by atoms with Crippen LogP contribution in [0.5, 0.6) is 0 Å². The molecule has 0 atom stereocenters. The lowest BCUT2D eigenvalue weighted by Crippen LogP contribution is -2.36. The molecule has 0 spiro atoms. The number of anilines is 1. The third-order valence-corrected chi connectivity index (χ3v) is 2.69. The standard InChI is InChI=1S/C14H21N3O3.ClH/c1-10(2)9-17(7-6-13(18)20-3)14(19)12-5-4-11(15)8-16-12;/h4-5,8,10H,6-7,9,15H2,1-3H3;1H. The molecule has 1 amide bonds. The van der Waals surface area contributed by atoms with E-state index in [9.17, 15) is 9.59 Å². The van der Waals surface area contributed by atoms with Crippen molar-refractivity contribution in [3.05, 3.63) is 24.0 Å². The maximum absolute atomic E-state index is 12.4. The summed E-state index contributed by atoms with van der Waals surface area (Å²) in [5, 5.41) is 0. The van der Waals surface area contributed by atoms with Crippen molar-refractivity contribution < 1.29 is 14.3 Å². The Morgan fingerprint density at radius 3 is 2.52 bits per heavy atom. The number of nitrogens with zero attached hydrogens (tertiary/aromatic N) is 2. The smallest absolute Gasteiger partial charge is 0.307 e. The van der Waals surface area contributed by atoms with Crippen LogP contribution in [0, 0.1) is 5.92 Å². The van der Waals surface area contributed by atoms with E-state index in [1.54, 1.807) is 17.0 Å². The molecule has 1 aromatic rings. The lowest BCUT2D eigenvalue weighted by molar-refractivity contribution is -0.140. The number of esters is 1. The first-order chi connectivity index (χ1) is 9.43. The van der Waals surface area contributed by atoms with E-state index in [2.05, 4.69) is 9.72 Å². The summed E-state index contributed by atoms with van der Waals surface area (Å²) in [6, 6.07) is 3.22. The molecule has 0 aliphatic carbocycles. The van der Waals surface area contributed by atoms with E-state index in [1.807, 2.05) is 13.8 Å². The summed E-state index contributed by atoms with van der Waals surface area (Å²) in [5.74, 6) is -0.246. The molecule has 0 radical (unpaired) electrons. The molecule has 0 aliphatic heterocycles. The maximum atomic E-state index is 12.4. The summed E-state index contributed by atoms with van der Waals surface area (Å²) >= 11 is 0. The van der Waals surface area contributed by atoms with Gasteiger partial charge < -0.3 is 15.4 Å². The number of nitrogens with two attached hydrogens (primary N) is 1. The molecule has 1 aromatic heterocycles. The highest BCUT2D eigenvalue weighted by Gasteiger charge is 2.19. The van der Waals surface area contributed by atoms with E-state index in [4.69, 9.17) is 5.73 Å². The second-order valence-electron chi connectivity index (χ2n) is 4.95. The van der Waals surface area contributed by atoms with Crippen LogP contribution < -0.4 is 5.73 Å². The second-order valence-corrected chi connectivity index (χ2v) is 4.95. The first-order valence-electron chi connectivity index (χ1n) is 6.51. The molecule has 0 fully saturated rings. The van der Waals surface area contributed by atoms with Crippen LogP contribution in [0.3, 0.4) is 0 Å². The topological polar surface area (TPSA) is 85.5 Å². The Kier molecular flexibility index (Phi) is 8.38. The number of ether oxygens (including phenoxy) is 1. The molecule has 6 nitrogen and oxygen atoms in total. The minimum absolute atomic E-state index is 0. The van der Waals surface area contributed by atoms with E-state index >= 15 is 0 Å². The first-order valence-corrected chi connectivity index (χ1v) is 6.51. The third kappa shape index (κ3) is 6.44. The summed E-state index contributed by atoms with van der Waals surface area (Å²) in [6.07, 6.45) is 1.62. The van der Waals surface area contributed by atoms with E-state index in [0.717, 1.165) is 0 Å². The summed E-state index contributed by atoms with van der Waals surface area (Å²) in [6.45, 7) is 4.89. The maximum Gasteiger partial charge on any atom is 0.307 e. The number of carbonyl (C=O) groups excluding carboxylic acids is 2. The predicted molar refractivity (Wildman–Crippen MR) is 83.3 cm³/mol. The van der Waals surface area contributed by atoms with Crippen molar-refractivity contribution in [1.29, 1.82) is 0 Å². The average Bonchev–Trinajstić information content (AvgIpc) is 2.42. The van der Waals surface area contributed by atoms with Crippen molar-refractivity contribution in [2.75, 3.05) is 25.9 Å². The number of halogens is 1. The largest absolute Gasteiger partial charge is 0.469 e. The monoisotopic (exact) mass is 315 g/mol. The quantitative estimate of drug-likeness (QED) is 0.808.